The zero-order valence-corrected chi connectivity index (χ0v) is 16.9. The Labute approximate surface area is 164 Å². The van der Waals surface area contributed by atoms with E-state index in [2.05, 4.69) is 15.4 Å². The minimum atomic E-state index is 0. The van der Waals surface area contributed by atoms with Crippen LogP contribution < -0.4 is 5.32 Å². The second-order valence-corrected chi connectivity index (χ2v) is 7.09. The van der Waals surface area contributed by atoms with Gasteiger partial charge in [0.2, 0.25) is 0 Å². The molecule has 1 N–H and O–H groups in total. The maximum atomic E-state index is 12.6. The number of piperidine rings is 1. The lowest BCUT2D eigenvalue weighted by atomic mass is 9.93. The van der Waals surface area contributed by atoms with Gasteiger partial charge in [0.1, 0.15) is 9.88 Å². The first-order valence-corrected chi connectivity index (χ1v) is 8.87. The third-order valence-corrected chi connectivity index (χ3v) is 5.41. The van der Waals surface area contributed by atoms with Crippen molar-refractivity contribution in [1.82, 2.24) is 25.0 Å². The van der Waals surface area contributed by atoms with Crippen molar-refractivity contribution in [3.8, 4) is 10.6 Å². The van der Waals surface area contributed by atoms with Gasteiger partial charge in [-0.3, -0.25) is 9.48 Å². The summed E-state index contributed by atoms with van der Waals surface area (Å²) in [4.78, 5) is 19.7. The van der Waals surface area contributed by atoms with Gasteiger partial charge >= 0.3 is 0 Å². The molecule has 0 aromatic carbocycles. The summed E-state index contributed by atoms with van der Waals surface area (Å²) in [5.41, 5.74) is 0.960. The Bertz CT molecular complexity index is 667. The summed E-state index contributed by atoms with van der Waals surface area (Å²) in [6, 6.07) is 0. The molecule has 1 amide bonds. The number of hydrogen-bond donors (Lipinski definition) is 1. The van der Waals surface area contributed by atoms with Gasteiger partial charge in [-0.2, -0.15) is 5.10 Å². The summed E-state index contributed by atoms with van der Waals surface area (Å²) < 4.78 is 1.74. The Morgan fingerprint density at radius 1 is 1.32 bits per heavy atom. The van der Waals surface area contributed by atoms with Crippen molar-refractivity contribution in [2.45, 2.75) is 19.3 Å². The van der Waals surface area contributed by atoms with Crippen LogP contribution in [0.25, 0.3) is 10.6 Å². The molecule has 9 heteroatoms. The molecule has 0 unspecified atom stereocenters. The number of nitrogens with one attached hydrogen (secondary N) is 1. The van der Waals surface area contributed by atoms with Crippen LogP contribution in [0.15, 0.2) is 18.6 Å². The van der Waals surface area contributed by atoms with E-state index in [1.165, 1.54) is 17.8 Å². The van der Waals surface area contributed by atoms with Crippen molar-refractivity contribution in [2.24, 2.45) is 13.0 Å². The Kier molecular flexibility index (Phi) is 8.85. The van der Waals surface area contributed by atoms with Crippen LogP contribution >= 0.6 is 36.2 Å². The molecule has 0 atom stereocenters. The van der Waals surface area contributed by atoms with Crippen LogP contribution in [0, 0.1) is 5.92 Å². The molecular weight excluding hydrogens is 381 g/mol. The molecule has 0 bridgehead atoms. The molecule has 0 spiro atoms. The third kappa shape index (κ3) is 5.41. The first kappa shape index (κ1) is 21.9. The Balaban J connectivity index is 0.00000156. The topological polar surface area (TPSA) is 63.1 Å². The molecule has 2 aromatic rings. The largest absolute Gasteiger partial charge is 0.338 e. The number of carbonyl (C=O) groups excluding carboxylic acids is 1. The van der Waals surface area contributed by atoms with Crippen LogP contribution in [-0.2, 0) is 7.05 Å². The maximum Gasteiger partial charge on any atom is 0.265 e. The van der Waals surface area contributed by atoms with E-state index >= 15 is 0 Å². The normalized spacial score (nSPS) is 14.7. The lowest BCUT2D eigenvalue weighted by molar-refractivity contribution is 0.0692. The number of aromatic nitrogens is 3. The van der Waals surface area contributed by atoms with Crippen molar-refractivity contribution in [2.75, 3.05) is 26.7 Å². The van der Waals surface area contributed by atoms with Gasteiger partial charge in [0.05, 0.1) is 12.4 Å². The van der Waals surface area contributed by atoms with E-state index in [4.69, 9.17) is 0 Å². The highest BCUT2D eigenvalue weighted by Crippen LogP contribution is 2.27. The van der Waals surface area contributed by atoms with E-state index in [9.17, 15) is 4.79 Å². The van der Waals surface area contributed by atoms with Gasteiger partial charge in [-0.1, -0.05) is 0 Å². The van der Waals surface area contributed by atoms with Gasteiger partial charge in [-0.15, -0.1) is 36.2 Å². The summed E-state index contributed by atoms with van der Waals surface area (Å²) in [6.07, 6.45) is 8.79. The van der Waals surface area contributed by atoms with Gasteiger partial charge in [-0.05, 0) is 38.8 Å². The molecule has 3 heterocycles. The van der Waals surface area contributed by atoms with E-state index in [0.29, 0.717) is 0 Å². The van der Waals surface area contributed by atoms with Crippen molar-refractivity contribution in [1.29, 1.82) is 0 Å². The smallest absolute Gasteiger partial charge is 0.265 e. The Morgan fingerprint density at radius 3 is 2.64 bits per heavy atom. The molecule has 0 aliphatic carbocycles. The summed E-state index contributed by atoms with van der Waals surface area (Å²) in [5, 5.41) is 8.21. The van der Waals surface area contributed by atoms with Crippen LogP contribution in [0.2, 0.25) is 0 Å². The highest BCUT2D eigenvalue weighted by atomic mass is 35.5. The molecule has 0 radical (unpaired) electrons. The van der Waals surface area contributed by atoms with Crippen LogP contribution in [0.5, 0.6) is 0 Å². The average molecular weight is 406 g/mol. The molecule has 6 nitrogen and oxygen atoms in total. The standard InChI is InChI=1S/C16H23N5OS.2ClH/c1-17-6-3-12-4-7-21(8-5-12)16(22)14-10-18-15(23-14)13-9-19-20(2)11-13;;/h9-12,17H,3-8H2,1-2H3;2*1H. The van der Waals surface area contributed by atoms with Crippen LogP contribution in [0.3, 0.4) is 0 Å². The zero-order valence-electron chi connectivity index (χ0n) is 14.5. The summed E-state index contributed by atoms with van der Waals surface area (Å²) >= 11 is 1.45. The van der Waals surface area contributed by atoms with Gasteiger partial charge in [0.15, 0.2) is 0 Å². The number of carbonyl (C=O) groups is 1. The number of thiazole rings is 1. The quantitative estimate of drug-likeness (QED) is 0.830. The molecule has 2 aromatic heterocycles. The van der Waals surface area contributed by atoms with Crippen LogP contribution in [0.4, 0.5) is 0 Å². The monoisotopic (exact) mass is 405 g/mol. The van der Waals surface area contributed by atoms with Crippen LogP contribution in [-0.4, -0.2) is 52.3 Å². The van der Waals surface area contributed by atoms with Gasteiger partial charge in [0.25, 0.3) is 5.91 Å². The van der Waals surface area contributed by atoms with Crippen LogP contribution in [0.1, 0.15) is 28.9 Å². The summed E-state index contributed by atoms with van der Waals surface area (Å²) in [6.45, 7) is 2.77. The fourth-order valence-electron chi connectivity index (χ4n) is 2.97. The van der Waals surface area contributed by atoms with E-state index in [0.717, 1.165) is 53.8 Å². The lowest BCUT2D eigenvalue weighted by Crippen LogP contribution is -2.38. The molecule has 1 saturated heterocycles. The highest BCUT2D eigenvalue weighted by molar-refractivity contribution is 7.16. The predicted octanol–water partition coefficient (Wildman–Crippen LogP) is 2.85. The second kappa shape index (κ2) is 10.1. The number of hydrogen-bond acceptors (Lipinski definition) is 5. The number of rotatable bonds is 5. The zero-order chi connectivity index (χ0) is 16.2. The predicted molar refractivity (Wildman–Crippen MR) is 106 cm³/mol. The lowest BCUT2D eigenvalue weighted by Gasteiger charge is -2.31. The number of likely N-dealkylation sites (tertiary alicyclic amines) is 1. The molecule has 3 rings (SSSR count). The number of nitrogens with zero attached hydrogens (tertiary/aromatic N) is 4. The van der Waals surface area contributed by atoms with Gasteiger partial charge in [-0.25, -0.2) is 4.98 Å². The van der Waals surface area contributed by atoms with Gasteiger partial charge in [0, 0.05) is 31.9 Å². The van der Waals surface area contributed by atoms with Crippen molar-refractivity contribution in [3.63, 3.8) is 0 Å². The molecule has 140 valence electrons. The minimum absolute atomic E-state index is 0. The molecule has 0 saturated carbocycles. The molecular formula is C16H25Cl2N5OS. The number of amides is 1. The molecule has 1 aliphatic heterocycles. The fraction of sp³-hybridized carbons (Fsp3) is 0.562. The molecule has 1 aliphatic rings. The van der Waals surface area contributed by atoms with E-state index < -0.39 is 0 Å². The van der Waals surface area contributed by atoms with Crippen molar-refractivity contribution in [3.05, 3.63) is 23.5 Å². The first-order chi connectivity index (χ1) is 11.2. The summed E-state index contributed by atoms with van der Waals surface area (Å²) in [5.74, 6) is 0.851. The van der Waals surface area contributed by atoms with Gasteiger partial charge < -0.3 is 10.2 Å². The second-order valence-electron chi connectivity index (χ2n) is 6.06. The number of aryl methyl sites for hydroxylation is 1. The molecule has 25 heavy (non-hydrogen) atoms. The first-order valence-electron chi connectivity index (χ1n) is 8.06. The van der Waals surface area contributed by atoms with E-state index in [-0.39, 0.29) is 30.7 Å². The fourth-order valence-corrected chi connectivity index (χ4v) is 3.83. The minimum Gasteiger partial charge on any atom is -0.338 e. The summed E-state index contributed by atoms with van der Waals surface area (Å²) in [7, 11) is 3.86. The average Bonchev–Trinajstić information content (AvgIpc) is 3.21. The van der Waals surface area contributed by atoms with E-state index in [1.54, 1.807) is 17.1 Å². The SMILES string of the molecule is CNCCC1CCN(C(=O)c2cnc(-c3cnn(C)c3)s2)CC1.Cl.Cl. The number of halogens is 2. The Hall–Kier alpha value is -1.15. The van der Waals surface area contributed by atoms with E-state index in [1.807, 2.05) is 25.2 Å². The Morgan fingerprint density at radius 2 is 2.04 bits per heavy atom. The maximum absolute atomic E-state index is 12.6. The third-order valence-electron chi connectivity index (χ3n) is 4.37. The molecule has 1 fully saturated rings. The van der Waals surface area contributed by atoms with Crippen molar-refractivity contribution < 1.29 is 4.79 Å². The highest BCUT2D eigenvalue weighted by Gasteiger charge is 2.24. The van der Waals surface area contributed by atoms with Crippen molar-refractivity contribution >= 4 is 42.1 Å².